The number of carbonyl (C=O) groups is 3. The molecular formula is C25H32N8O5. The number of hydrogen-bond donors (Lipinski definition) is 8. The molecule has 1 aromatic carbocycles. The first-order chi connectivity index (χ1) is 18.1. The fourth-order valence-corrected chi connectivity index (χ4v) is 6.76. The van der Waals surface area contributed by atoms with Gasteiger partial charge in [-0.1, -0.05) is 18.6 Å². The molecule has 6 rings (SSSR count). The summed E-state index contributed by atoms with van der Waals surface area (Å²) in [5, 5.41) is 51.6. The highest BCUT2D eigenvalue weighted by Crippen LogP contribution is 2.43. The number of amides is 3. The minimum atomic E-state index is -2.62. The molecule has 0 radical (unpaired) electrons. The van der Waals surface area contributed by atoms with Crippen LogP contribution in [0.15, 0.2) is 18.2 Å². The van der Waals surface area contributed by atoms with Crippen LogP contribution in [0.4, 0.5) is 0 Å². The minimum Gasteiger partial charge on any atom is -0.361 e. The first-order valence-corrected chi connectivity index (χ1v) is 13.1. The monoisotopic (exact) mass is 524 g/mol. The van der Waals surface area contributed by atoms with Crippen molar-refractivity contribution in [2.45, 2.75) is 74.5 Å². The average Bonchev–Trinajstić information content (AvgIpc) is 3.37. The van der Waals surface area contributed by atoms with Crippen LogP contribution in [0, 0.1) is 10.8 Å². The lowest BCUT2D eigenvalue weighted by Crippen LogP contribution is -2.81. The van der Waals surface area contributed by atoms with Crippen LogP contribution in [0.25, 0.3) is 0 Å². The lowest BCUT2D eigenvalue weighted by Gasteiger charge is -2.51. The molecule has 4 saturated heterocycles. The summed E-state index contributed by atoms with van der Waals surface area (Å²) in [4.78, 5) is 40.5. The number of carbonyl (C=O) groups excluding carboxylic acids is 3. The van der Waals surface area contributed by atoms with Crippen LogP contribution in [-0.2, 0) is 22.4 Å². The molecule has 8 N–H and O–H groups in total. The van der Waals surface area contributed by atoms with Crippen molar-refractivity contribution in [2.75, 3.05) is 13.1 Å². The van der Waals surface area contributed by atoms with Gasteiger partial charge in [0.2, 0.25) is 17.6 Å². The molecule has 4 aliphatic heterocycles. The molecule has 0 saturated carbocycles. The van der Waals surface area contributed by atoms with Crippen molar-refractivity contribution >= 4 is 29.6 Å². The van der Waals surface area contributed by atoms with Gasteiger partial charge in [0.1, 0.15) is 6.04 Å². The molecule has 1 aliphatic carbocycles. The largest absolute Gasteiger partial charge is 0.361 e. The Bertz CT molecular complexity index is 1230. The van der Waals surface area contributed by atoms with E-state index in [1.165, 1.54) is 4.90 Å². The van der Waals surface area contributed by atoms with Gasteiger partial charge in [0.25, 0.3) is 5.91 Å². The van der Waals surface area contributed by atoms with E-state index in [0.29, 0.717) is 5.56 Å². The first kappa shape index (κ1) is 24.6. The molecule has 0 aromatic heterocycles. The third kappa shape index (κ3) is 3.48. The highest BCUT2D eigenvalue weighted by Gasteiger charge is 2.74. The zero-order valence-electron chi connectivity index (χ0n) is 20.8. The van der Waals surface area contributed by atoms with Gasteiger partial charge in [-0.15, -0.1) is 0 Å². The Morgan fingerprint density at radius 1 is 1.05 bits per heavy atom. The quantitative estimate of drug-likeness (QED) is 0.129. The summed E-state index contributed by atoms with van der Waals surface area (Å²) >= 11 is 0. The van der Waals surface area contributed by atoms with Crippen molar-refractivity contribution in [1.82, 2.24) is 31.1 Å². The molecule has 13 nitrogen and oxygen atoms in total. The second kappa shape index (κ2) is 8.67. The summed E-state index contributed by atoms with van der Waals surface area (Å²) in [5.74, 6) is -4.10. The lowest BCUT2D eigenvalue weighted by atomic mass is 9.84. The van der Waals surface area contributed by atoms with E-state index < -0.39 is 35.5 Å². The third-order valence-corrected chi connectivity index (χ3v) is 8.63. The number of imide groups is 1. The molecular weight excluding hydrogens is 492 g/mol. The fourth-order valence-electron chi connectivity index (χ4n) is 6.76. The van der Waals surface area contributed by atoms with Crippen molar-refractivity contribution < 1.29 is 24.6 Å². The van der Waals surface area contributed by atoms with Crippen LogP contribution in [0.1, 0.15) is 53.6 Å². The Morgan fingerprint density at radius 3 is 2.55 bits per heavy atom. The van der Waals surface area contributed by atoms with Crippen molar-refractivity contribution in [3.8, 4) is 0 Å². The summed E-state index contributed by atoms with van der Waals surface area (Å²) in [7, 11) is 0. The maximum Gasteiger partial charge on any atom is 0.252 e. The number of aryl methyl sites for hydroxylation is 1. The Kier molecular flexibility index (Phi) is 5.61. The highest BCUT2D eigenvalue weighted by molar-refractivity contribution is 6.02. The van der Waals surface area contributed by atoms with E-state index in [2.05, 4.69) is 21.3 Å². The number of aliphatic hydroxyl groups is 2. The van der Waals surface area contributed by atoms with Crippen LogP contribution < -0.4 is 21.3 Å². The molecule has 1 aromatic rings. The number of nitrogens with one attached hydrogen (secondary N) is 6. The van der Waals surface area contributed by atoms with Gasteiger partial charge in [-0.25, -0.2) is 0 Å². The smallest absolute Gasteiger partial charge is 0.252 e. The lowest BCUT2D eigenvalue weighted by molar-refractivity contribution is -0.232. The van der Waals surface area contributed by atoms with Gasteiger partial charge in [0.05, 0.1) is 18.6 Å². The predicted octanol–water partition coefficient (Wildman–Crippen LogP) is -1.70. The highest BCUT2D eigenvalue weighted by atomic mass is 16.5. The summed E-state index contributed by atoms with van der Waals surface area (Å²) in [5.41, 5.74) is 0.815. The Labute approximate surface area is 218 Å². The zero-order valence-corrected chi connectivity index (χ0v) is 20.8. The number of benzene rings is 1. The molecule has 38 heavy (non-hydrogen) atoms. The number of hydrogen-bond acceptors (Lipinski definition) is 7. The summed E-state index contributed by atoms with van der Waals surface area (Å²) in [6.07, 6.45) is 5.01. The molecule has 4 fully saturated rings. The van der Waals surface area contributed by atoms with Gasteiger partial charge >= 0.3 is 0 Å². The van der Waals surface area contributed by atoms with Crippen molar-refractivity contribution in [3.05, 3.63) is 34.9 Å². The van der Waals surface area contributed by atoms with Gasteiger partial charge < -0.3 is 36.4 Å². The van der Waals surface area contributed by atoms with Crippen LogP contribution >= 0.6 is 0 Å². The molecule has 2 unspecified atom stereocenters. The van der Waals surface area contributed by atoms with Gasteiger partial charge in [0, 0.05) is 24.9 Å². The van der Waals surface area contributed by atoms with Gasteiger partial charge in [-0.05, 0) is 42.9 Å². The van der Waals surface area contributed by atoms with E-state index >= 15 is 0 Å². The minimum absolute atomic E-state index is 0.105. The maximum absolute atomic E-state index is 13.5. The fraction of sp³-hybridized carbons (Fsp3) is 0.560. The van der Waals surface area contributed by atoms with E-state index in [9.17, 15) is 24.6 Å². The summed E-state index contributed by atoms with van der Waals surface area (Å²) < 4.78 is 0. The van der Waals surface area contributed by atoms with Crippen LogP contribution in [0.5, 0.6) is 0 Å². The number of nitrogens with zero attached hydrogens (tertiary/aromatic N) is 2. The average molecular weight is 525 g/mol. The van der Waals surface area contributed by atoms with Crippen molar-refractivity contribution in [1.29, 1.82) is 10.8 Å². The number of fused-ring (bicyclic) bond motifs is 1. The first-order valence-electron chi connectivity index (χ1n) is 13.1. The van der Waals surface area contributed by atoms with Gasteiger partial charge in [-0.2, -0.15) is 0 Å². The Morgan fingerprint density at radius 2 is 1.79 bits per heavy atom. The topological polar surface area (TPSA) is 194 Å². The van der Waals surface area contributed by atoms with E-state index in [0.717, 1.165) is 48.1 Å². The van der Waals surface area contributed by atoms with E-state index in [-0.39, 0.29) is 49.7 Å². The molecule has 5 aliphatic rings. The van der Waals surface area contributed by atoms with Crippen LogP contribution in [-0.4, -0.2) is 92.3 Å². The second-order valence-corrected chi connectivity index (χ2v) is 10.8. The van der Waals surface area contributed by atoms with Crippen LogP contribution in [0.2, 0.25) is 0 Å². The third-order valence-electron chi connectivity index (χ3n) is 8.63. The van der Waals surface area contributed by atoms with Crippen molar-refractivity contribution in [3.63, 3.8) is 0 Å². The molecule has 202 valence electrons. The van der Waals surface area contributed by atoms with E-state index in [1.807, 2.05) is 12.1 Å². The van der Waals surface area contributed by atoms with E-state index in [4.69, 9.17) is 10.8 Å². The van der Waals surface area contributed by atoms with Gasteiger partial charge in [-0.3, -0.25) is 30.1 Å². The number of rotatable bonds is 4. The second-order valence-electron chi connectivity index (χ2n) is 10.8. The number of likely N-dealkylation sites (tertiary alicyclic amines) is 1. The normalized spacial score (nSPS) is 31.6. The van der Waals surface area contributed by atoms with Crippen molar-refractivity contribution in [2.24, 2.45) is 0 Å². The molecule has 0 bridgehead atoms. The van der Waals surface area contributed by atoms with Crippen LogP contribution in [0.3, 0.4) is 0 Å². The molecule has 3 amide bonds. The van der Waals surface area contributed by atoms with E-state index in [1.54, 1.807) is 6.07 Å². The standard InChI is InChI=1S/C25H32N8O5/c26-22-30-20-16(11-32-18(34)9-10-19(32)35)28-23(27)33-12-17(25(37,38)24(20,33)31-22)29-21(36)15-8-4-6-13-5-2-1-3-7-14(13)15/h4,6,8,16-17,20,37-38H,1-3,5,7,9-12H2,(H2,27,28)(H,29,36)(H3,26,30,31)/t16-,17?,20-,24?/m0/s1. The maximum atomic E-state index is 13.5. The number of guanidine groups is 2. The predicted molar refractivity (Wildman–Crippen MR) is 134 cm³/mol. The Balaban J connectivity index is 1.30. The molecule has 1 spiro atoms. The summed E-state index contributed by atoms with van der Waals surface area (Å²) in [6, 6.07) is 2.69. The molecule has 4 atom stereocenters. The summed E-state index contributed by atoms with van der Waals surface area (Å²) in [6.45, 7) is -0.224. The molecule has 13 heteroatoms. The van der Waals surface area contributed by atoms with Gasteiger partial charge in [0.15, 0.2) is 17.6 Å². The molecule has 4 heterocycles. The SMILES string of the molecule is N=C1N[C@H]2[C@H](CN3C(=O)CCC3=O)NC(=N)N3CC(NC(=O)c4cccc5c4CCCCC5)C(O)(O)C23N1. The zero-order chi connectivity index (χ0) is 26.8. The Hall–Kier alpha value is -3.71.